The minimum atomic E-state index is 0. The molecule has 0 amide bonds. The molecular formula is C18H38Na. The summed E-state index contributed by atoms with van der Waals surface area (Å²) in [4.78, 5) is 0. The van der Waals surface area contributed by atoms with Crippen molar-refractivity contribution in [1.82, 2.24) is 0 Å². The second-order valence-corrected chi connectivity index (χ2v) is 6.16. The summed E-state index contributed by atoms with van der Waals surface area (Å²) in [6.07, 6.45) is 21.2. The maximum absolute atomic E-state index is 2.45. The van der Waals surface area contributed by atoms with Crippen LogP contribution in [0.4, 0.5) is 0 Å². The van der Waals surface area contributed by atoms with E-state index in [0.717, 1.165) is 5.92 Å². The molecule has 0 fully saturated rings. The van der Waals surface area contributed by atoms with Crippen LogP contribution in [-0.2, 0) is 0 Å². The molecule has 0 aliphatic heterocycles. The summed E-state index contributed by atoms with van der Waals surface area (Å²) in [6.45, 7) is 6.85. The van der Waals surface area contributed by atoms with Gasteiger partial charge in [-0.05, 0) is 18.8 Å². The van der Waals surface area contributed by atoms with Gasteiger partial charge in [-0.2, -0.15) is 0 Å². The molecule has 0 aromatic rings. The molecule has 0 atom stereocenters. The first-order valence-corrected chi connectivity index (χ1v) is 8.60. The van der Waals surface area contributed by atoms with Crippen molar-refractivity contribution in [1.29, 1.82) is 0 Å². The second-order valence-electron chi connectivity index (χ2n) is 6.16. The first kappa shape index (κ1) is 22.3. The molecule has 0 saturated heterocycles. The predicted octanol–water partition coefficient (Wildman–Crippen LogP) is 6.29. The van der Waals surface area contributed by atoms with Crippen molar-refractivity contribution in [2.24, 2.45) is 5.92 Å². The molecule has 0 saturated carbocycles. The van der Waals surface area contributed by atoms with Crippen LogP contribution in [0.5, 0.6) is 0 Å². The molecule has 0 bridgehead atoms. The molecule has 0 aromatic heterocycles. The SMILES string of the molecule is CCCCCCCCCCCCCC[CH]C(C)C.[NaH]. The Labute approximate surface area is 145 Å². The van der Waals surface area contributed by atoms with Gasteiger partial charge in [0.15, 0.2) is 0 Å². The topological polar surface area (TPSA) is 0 Å². The zero-order valence-electron chi connectivity index (χ0n) is 13.3. The van der Waals surface area contributed by atoms with Gasteiger partial charge in [0.2, 0.25) is 0 Å². The Morgan fingerprint density at radius 1 is 0.632 bits per heavy atom. The molecule has 111 valence electrons. The van der Waals surface area contributed by atoms with E-state index in [9.17, 15) is 0 Å². The van der Waals surface area contributed by atoms with E-state index in [1.54, 1.807) is 0 Å². The van der Waals surface area contributed by atoms with Crippen LogP contribution in [0.2, 0.25) is 0 Å². The maximum atomic E-state index is 2.45. The minimum absolute atomic E-state index is 0. The number of hydrogen-bond acceptors (Lipinski definition) is 0. The molecule has 0 aliphatic carbocycles. The van der Waals surface area contributed by atoms with Crippen molar-refractivity contribution in [3.05, 3.63) is 6.42 Å². The third kappa shape index (κ3) is 21.4. The first-order chi connectivity index (χ1) is 8.77. The van der Waals surface area contributed by atoms with Crippen molar-refractivity contribution < 1.29 is 0 Å². The second kappa shape index (κ2) is 19.0. The number of rotatable bonds is 14. The standard InChI is InChI=1S/C18H37.Na.H/c1-4-5-6-7-8-9-10-11-12-13-14-15-16-17-18(2)3;;/h17-18H,4-16H2,1-3H3;;. The fraction of sp³-hybridized carbons (Fsp3) is 0.944. The summed E-state index contributed by atoms with van der Waals surface area (Å²) in [5, 5.41) is 0. The Morgan fingerprint density at radius 3 is 1.37 bits per heavy atom. The summed E-state index contributed by atoms with van der Waals surface area (Å²) in [7, 11) is 0. The molecule has 0 rings (SSSR count). The summed E-state index contributed by atoms with van der Waals surface area (Å²) < 4.78 is 0. The Kier molecular flexibility index (Phi) is 22.3. The predicted molar refractivity (Wildman–Crippen MR) is 92.0 cm³/mol. The molecule has 0 unspecified atom stereocenters. The molecule has 0 heterocycles. The van der Waals surface area contributed by atoms with Crippen LogP contribution in [0, 0.1) is 12.3 Å². The van der Waals surface area contributed by atoms with E-state index in [2.05, 4.69) is 27.2 Å². The van der Waals surface area contributed by atoms with E-state index in [1.165, 1.54) is 83.5 Å². The summed E-state index contributed by atoms with van der Waals surface area (Å²) in [5.74, 6) is 0.776. The van der Waals surface area contributed by atoms with E-state index in [-0.39, 0.29) is 29.6 Å². The molecule has 0 N–H and O–H groups in total. The molecule has 19 heavy (non-hydrogen) atoms. The third-order valence-corrected chi connectivity index (χ3v) is 3.70. The van der Waals surface area contributed by atoms with Gasteiger partial charge in [-0.25, -0.2) is 0 Å². The third-order valence-electron chi connectivity index (χ3n) is 3.70. The van der Waals surface area contributed by atoms with Gasteiger partial charge < -0.3 is 0 Å². The van der Waals surface area contributed by atoms with E-state index >= 15 is 0 Å². The monoisotopic (exact) mass is 277 g/mol. The first-order valence-electron chi connectivity index (χ1n) is 8.60. The van der Waals surface area contributed by atoms with Gasteiger partial charge in [0, 0.05) is 0 Å². The van der Waals surface area contributed by atoms with Crippen molar-refractivity contribution >= 4 is 29.6 Å². The van der Waals surface area contributed by atoms with Crippen LogP contribution in [0.25, 0.3) is 0 Å². The van der Waals surface area contributed by atoms with Crippen LogP contribution >= 0.6 is 0 Å². The van der Waals surface area contributed by atoms with Crippen molar-refractivity contribution in [3.63, 3.8) is 0 Å². The van der Waals surface area contributed by atoms with Crippen LogP contribution in [0.15, 0.2) is 0 Å². The fourth-order valence-electron chi connectivity index (χ4n) is 2.44. The zero-order valence-corrected chi connectivity index (χ0v) is 13.3. The summed E-state index contributed by atoms with van der Waals surface area (Å²) >= 11 is 0. The van der Waals surface area contributed by atoms with E-state index in [0.29, 0.717) is 0 Å². The van der Waals surface area contributed by atoms with Crippen molar-refractivity contribution in [2.45, 2.75) is 104 Å². The van der Waals surface area contributed by atoms with Crippen LogP contribution < -0.4 is 0 Å². The Bertz CT molecular complexity index is 143. The Balaban J connectivity index is 0. The number of hydrogen-bond donors (Lipinski definition) is 0. The van der Waals surface area contributed by atoms with Crippen LogP contribution in [0.1, 0.15) is 104 Å². The average molecular weight is 277 g/mol. The summed E-state index contributed by atoms with van der Waals surface area (Å²) in [5.41, 5.74) is 0. The molecular weight excluding hydrogens is 239 g/mol. The molecule has 0 aromatic carbocycles. The van der Waals surface area contributed by atoms with Gasteiger partial charge in [-0.1, -0.05) is 97.8 Å². The quantitative estimate of drug-likeness (QED) is 0.258. The molecule has 0 aliphatic rings. The fourth-order valence-corrected chi connectivity index (χ4v) is 2.44. The van der Waals surface area contributed by atoms with Gasteiger partial charge in [0.05, 0.1) is 0 Å². The zero-order chi connectivity index (χ0) is 13.5. The van der Waals surface area contributed by atoms with Gasteiger partial charge in [-0.15, -0.1) is 0 Å². The normalized spacial score (nSPS) is 10.7. The number of unbranched alkanes of at least 4 members (excludes halogenated alkanes) is 12. The van der Waals surface area contributed by atoms with Gasteiger partial charge >= 0.3 is 29.6 Å². The van der Waals surface area contributed by atoms with E-state index < -0.39 is 0 Å². The van der Waals surface area contributed by atoms with Gasteiger partial charge in [0.25, 0.3) is 0 Å². The van der Waals surface area contributed by atoms with Gasteiger partial charge in [0.1, 0.15) is 0 Å². The Hall–Kier alpha value is 1.00. The summed E-state index contributed by atoms with van der Waals surface area (Å²) in [6, 6.07) is 0. The Morgan fingerprint density at radius 2 is 1.00 bits per heavy atom. The van der Waals surface area contributed by atoms with Gasteiger partial charge in [-0.3, -0.25) is 0 Å². The molecule has 0 spiro atoms. The van der Waals surface area contributed by atoms with Crippen molar-refractivity contribution in [3.8, 4) is 0 Å². The van der Waals surface area contributed by atoms with Crippen LogP contribution in [-0.4, -0.2) is 29.6 Å². The average Bonchev–Trinajstić information content (AvgIpc) is 2.34. The van der Waals surface area contributed by atoms with Crippen molar-refractivity contribution in [2.75, 3.05) is 0 Å². The molecule has 0 nitrogen and oxygen atoms in total. The molecule has 1 heteroatoms. The molecule has 1 radical (unpaired) electrons. The van der Waals surface area contributed by atoms with E-state index in [1.807, 2.05) is 0 Å². The van der Waals surface area contributed by atoms with Crippen LogP contribution in [0.3, 0.4) is 0 Å². The van der Waals surface area contributed by atoms with E-state index in [4.69, 9.17) is 0 Å².